The Kier molecular flexibility index (Phi) is 6.39. The Hall–Kier alpha value is -1.40. The number of carbonyl (C=O) groups excluding carboxylic acids is 1. The summed E-state index contributed by atoms with van der Waals surface area (Å²) < 4.78 is 0. The molecule has 0 aliphatic heterocycles. The number of hydrogen-bond donors (Lipinski definition) is 1. The molecule has 2 rings (SSSR count). The van der Waals surface area contributed by atoms with E-state index >= 15 is 0 Å². The number of carbonyl (C=O) groups is 1. The largest absolute Gasteiger partial charge is 0.356 e. The number of thiophene rings is 1. The van der Waals surface area contributed by atoms with E-state index in [1.807, 2.05) is 26.2 Å². The fourth-order valence-corrected chi connectivity index (χ4v) is 3.43. The minimum atomic E-state index is 0.0873. The predicted octanol–water partition coefficient (Wildman–Crippen LogP) is 3.17. The van der Waals surface area contributed by atoms with Crippen molar-refractivity contribution in [3.63, 3.8) is 0 Å². The zero-order valence-corrected chi connectivity index (χ0v) is 14.8. The zero-order valence-electron chi connectivity index (χ0n) is 13.2. The van der Waals surface area contributed by atoms with E-state index in [-0.39, 0.29) is 5.91 Å². The van der Waals surface area contributed by atoms with Crippen LogP contribution in [-0.2, 0) is 17.6 Å². The Morgan fingerprint density at radius 2 is 2.00 bits per heavy atom. The maximum absolute atomic E-state index is 11.9. The lowest BCUT2D eigenvalue weighted by Crippen LogP contribution is -2.26. The van der Waals surface area contributed by atoms with Crippen LogP contribution in [0.15, 0.2) is 22.7 Å². The predicted molar refractivity (Wildman–Crippen MR) is 92.6 cm³/mol. The van der Waals surface area contributed by atoms with Gasteiger partial charge >= 0.3 is 0 Å². The van der Waals surface area contributed by atoms with E-state index in [1.54, 1.807) is 11.3 Å². The van der Waals surface area contributed by atoms with Crippen LogP contribution in [0, 0.1) is 13.8 Å². The van der Waals surface area contributed by atoms with Gasteiger partial charge in [0.1, 0.15) is 0 Å². The SMILES string of the molecule is CSc1nc(C)c(CCC(=O)NCCc2cccs2)c(C)n1. The van der Waals surface area contributed by atoms with Gasteiger partial charge in [-0.1, -0.05) is 17.8 Å². The van der Waals surface area contributed by atoms with Crippen LogP contribution >= 0.6 is 23.1 Å². The van der Waals surface area contributed by atoms with Crippen molar-refractivity contribution in [2.75, 3.05) is 12.8 Å². The lowest BCUT2D eigenvalue weighted by molar-refractivity contribution is -0.121. The van der Waals surface area contributed by atoms with Crippen LogP contribution in [-0.4, -0.2) is 28.7 Å². The van der Waals surface area contributed by atoms with Gasteiger partial charge in [0.2, 0.25) is 5.91 Å². The van der Waals surface area contributed by atoms with Gasteiger partial charge in [0.05, 0.1) is 0 Å². The molecular formula is C16H21N3OS2. The number of rotatable bonds is 7. The molecule has 1 N–H and O–H groups in total. The molecule has 0 saturated heterocycles. The summed E-state index contributed by atoms with van der Waals surface area (Å²) in [5.74, 6) is 0.0873. The summed E-state index contributed by atoms with van der Waals surface area (Å²) >= 11 is 3.26. The smallest absolute Gasteiger partial charge is 0.220 e. The second kappa shape index (κ2) is 8.29. The molecule has 0 saturated carbocycles. The van der Waals surface area contributed by atoms with Crippen LogP contribution in [0.3, 0.4) is 0 Å². The third-order valence-corrected chi connectivity index (χ3v) is 4.94. The Labute approximate surface area is 139 Å². The summed E-state index contributed by atoms with van der Waals surface area (Å²) in [5, 5.41) is 5.82. The van der Waals surface area contributed by atoms with Crippen molar-refractivity contribution in [3.05, 3.63) is 39.3 Å². The molecule has 118 valence electrons. The lowest BCUT2D eigenvalue weighted by atomic mass is 10.1. The molecule has 0 bridgehead atoms. The molecule has 6 heteroatoms. The van der Waals surface area contributed by atoms with Crippen molar-refractivity contribution >= 4 is 29.0 Å². The number of hydrogen-bond acceptors (Lipinski definition) is 5. The molecule has 0 spiro atoms. The van der Waals surface area contributed by atoms with Crippen molar-refractivity contribution in [3.8, 4) is 0 Å². The fraction of sp³-hybridized carbons (Fsp3) is 0.438. The highest BCUT2D eigenvalue weighted by Crippen LogP contribution is 2.17. The van der Waals surface area contributed by atoms with E-state index in [0.717, 1.165) is 28.5 Å². The quantitative estimate of drug-likeness (QED) is 0.624. The first kappa shape index (κ1) is 17.0. The van der Waals surface area contributed by atoms with Gasteiger partial charge < -0.3 is 5.32 Å². The number of aromatic nitrogens is 2. The Balaban J connectivity index is 1.81. The Morgan fingerprint density at radius 3 is 2.59 bits per heavy atom. The van der Waals surface area contributed by atoms with E-state index in [9.17, 15) is 4.79 Å². The zero-order chi connectivity index (χ0) is 15.9. The van der Waals surface area contributed by atoms with E-state index in [0.29, 0.717) is 19.4 Å². The first-order valence-corrected chi connectivity index (χ1v) is 9.37. The number of thioether (sulfide) groups is 1. The molecule has 22 heavy (non-hydrogen) atoms. The van der Waals surface area contributed by atoms with Crippen LogP contribution < -0.4 is 5.32 Å². The highest BCUT2D eigenvalue weighted by molar-refractivity contribution is 7.98. The van der Waals surface area contributed by atoms with Crippen molar-refractivity contribution in [2.24, 2.45) is 0 Å². The maximum Gasteiger partial charge on any atom is 0.220 e. The summed E-state index contributed by atoms with van der Waals surface area (Å²) in [6.07, 6.45) is 4.03. The Bertz CT molecular complexity index is 603. The topological polar surface area (TPSA) is 54.9 Å². The summed E-state index contributed by atoms with van der Waals surface area (Å²) in [7, 11) is 0. The lowest BCUT2D eigenvalue weighted by Gasteiger charge is -2.10. The molecule has 2 aromatic rings. The van der Waals surface area contributed by atoms with Gasteiger partial charge in [-0.05, 0) is 50.0 Å². The molecule has 2 heterocycles. The molecular weight excluding hydrogens is 314 g/mol. The Morgan fingerprint density at radius 1 is 1.27 bits per heavy atom. The first-order chi connectivity index (χ1) is 10.6. The molecule has 0 unspecified atom stereocenters. The molecule has 0 atom stereocenters. The molecule has 0 radical (unpaired) electrons. The van der Waals surface area contributed by atoms with Crippen molar-refractivity contribution in [2.45, 2.75) is 38.3 Å². The average molecular weight is 335 g/mol. The third-order valence-electron chi connectivity index (χ3n) is 3.46. The normalized spacial score (nSPS) is 10.7. The van der Waals surface area contributed by atoms with Gasteiger partial charge in [-0.15, -0.1) is 11.3 Å². The first-order valence-electron chi connectivity index (χ1n) is 7.27. The van der Waals surface area contributed by atoms with Gasteiger partial charge in [-0.25, -0.2) is 9.97 Å². The standard InChI is InChI=1S/C16H21N3OS2/c1-11-14(12(2)19-16(18-11)21-3)6-7-15(20)17-9-8-13-5-4-10-22-13/h4-5,10H,6-9H2,1-3H3,(H,17,20). The minimum Gasteiger partial charge on any atom is -0.356 e. The van der Waals surface area contributed by atoms with Crippen LogP contribution in [0.1, 0.15) is 28.2 Å². The minimum absolute atomic E-state index is 0.0873. The number of nitrogens with one attached hydrogen (secondary N) is 1. The summed E-state index contributed by atoms with van der Waals surface area (Å²) in [6, 6.07) is 4.12. The molecule has 2 aromatic heterocycles. The average Bonchev–Trinajstić information content (AvgIpc) is 2.99. The van der Waals surface area contributed by atoms with Crippen LogP contribution in [0.25, 0.3) is 0 Å². The third kappa shape index (κ3) is 4.81. The summed E-state index contributed by atoms with van der Waals surface area (Å²) in [5.41, 5.74) is 3.04. The molecule has 1 amide bonds. The second-order valence-corrected chi connectivity index (χ2v) is 6.84. The van der Waals surface area contributed by atoms with E-state index in [4.69, 9.17) is 0 Å². The van der Waals surface area contributed by atoms with Gasteiger partial charge in [-0.2, -0.15) is 0 Å². The number of aryl methyl sites for hydroxylation is 2. The van der Waals surface area contributed by atoms with E-state index in [2.05, 4.69) is 26.7 Å². The molecule has 0 fully saturated rings. The highest BCUT2D eigenvalue weighted by Gasteiger charge is 2.10. The highest BCUT2D eigenvalue weighted by atomic mass is 32.2. The van der Waals surface area contributed by atoms with Gasteiger partial charge in [0.15, 0.2) is 5.16 Å². The molecule has 0 aromatic carbocycles. The van der Waals surface area contributed by atoms with E-state index < -0.39 is 0 Å². The van der Waals surface area contributed by atoms with Crippen LogP contribution in [0.5, 0.6) is 0 Å². The monoisotopic (exact) mass is 335 g/mol. The second-order valence-electron chi connectivity index (χ2n) is 5.04. The number of nitrogens with zero attached hydrogens (tertiary/aromatic N) is 2. The molecule has 4 nitrogen and oxygen atoms in total. The van der Waals surface area contributed by atoms with Crippen LogP contribution in [0.2, 0.25) is 0 Å². The maximum atomic E-state index is 11.9. The van der Waals surface area contributed by atoms with Crippen molar-refractivity contribution < 1.29 is 4.79 Å². The summed E-state index contributed by atoms with van der Waals surface area (Å²) in [4.78, 5) is 22.1. The molecule has 0 aliphatic rings. The van der Waals surface area contributed by atoms with E-state index in [1.165, 1.54) is 16.6 Å². The van der Waals surface area contributed by atoms with Gasteiger partial charge in [0, 0.05) is 29.2 Å². The van der Waals surface area contributed by atoms with Crippen molar-refractivity contribution in [1.29, 1.82) is 0 Å². The van der Waals surface area contributed by atoms with Crippen LogP contribution in [0.4, 0.5) is 0 Å². The van der Waals surface area contributed by atoms with Gasteiger partial charge in [0.25, 0.3) is 0 Å². The fourth-order valence-electron chi connectivity index (χ4n) is 2.27. The molecule has 0 aliphatic carbocycles. The number of amides is 1. The summed E-state index contributed by atoms with van der Waals surface area (Å²) in [6.45, 7) is 4.66. The van der Waals surface area contributed by atoms with Crippen molar-refractivity contribution in [1.82, 2.24) is 15.3 Å². The van der Waals surface area contributed by atoms with Gasteiger partial charge in [-0.3, -0.25) is 4.79 Å².